The zero-order chi connectivity index (χ0) is 14.7. The number of hydrogen-bond acceptors (Lipinski definition) is 2. The molecule has 1 aromatic carbocycles. The van der Waals surface area contributed by atoms with Crippen molar-refractivity contribution in [2.45, 2.75) is 33.7 Å². The molecule has 2 aromatic rings. The Morgan fingerprint density at radius 1 is 1.20 bits per heavy atom. The fourth-order valence-corrected chi connectivity index (χ4v) is 1.83. The molecule has 1 aromatic heterocycles. The topological polar surface area (TPSA) is 59.0 Å². The van der Waals surface area contributed by atoms with Gasteiger partial charge in [-0.25, -0.2) is 4.79 Å². The lowest BCUT2D eigenvalue weighted by Crippen LogP contribution is -2.20. The van der Waals surface area contributed by atoms with Crippen LogP contribution in [-0.4, -0.2) is 15.8 Å². The van der Waals surface area contributed by atoms with Gasteiger partial charge in [0.15, 0.2) is 5.82 Å². The van der Waals surface area contributed by atoms with Gasteiger partial charge in [0.2, 0.25) is 0 Å². The number of amides is 2. The highest BCUT2D eigenvalue weighted by molar-refractivity contribution is 5.99. The molecule has 0 spiro atoms. The second-order valence-corrected chi connectivity index (χ2v) is 5.17. The van der Waals surface area contributed by atoms with Crippen LogP contribution in [0.4, 0.5) is 16.3 Å². The van der Waals surface area contributed by atoms with Crippen LogP contribution in [-0.2, 0) is 0 Å². The molecule has 0 unspecified atom stereocenters. The highest BCUT2D eigenvalue weighted by Crippen LogP contribution is 2.16. The van der Waals surface area contributed by atoms with Gasteiger partial charge < -0.3 is 5.32 Å². The molecule has 1 heterocycles. The van der Waals surface area contributed by atoms with E-state index in [1.807, 2.05) is 52.1 Å². The van der Waals surface area contributed by atoms with Crippen molar-refractivity contribution in [1.82, 2.24) is 9.78 Å². The van der Waals surface area contributed by atoms with Gasteiger partial charge in [0, 0.05) is 24.0 Å². The van der Waals surface area contributed by atoms with Gasteiger partial charge in [-0.15, -0.1) is 0 Å². The molecule has 0 aliphatic heterocycles. The molecular formula is C15H20N4O. The van der Waals surface area contributed by atoms with E-state index in [1.165, 1.54) is 0 Å². The van der Waals surface area contributed by atoms with Crippen LogP contribution in [0, 0.1) is 13.8 Å². The van der Waals surface area contributed by atoms with Crippen LogP contribution in [0.2, 0.25) is 0 Å². The maximum atomic E-state index is 12.0. The predicted octanol–water partition coefficient (Wildman–Crippen LogP) is 3.72. The van der Waals surface area contributed by atoms with Crippen LogP contribution in [0.3, 0.4) is 0 Å². The summed E-state index contributed by atoms with van der Waals surface area (Å²) in [6, 6.07) is 7.71. The van der Waals surface area contributed by atoms with E-state index in [1.54, 1.807) is 10.7 Å². The average molecular weight is 272 g/mol. The van der Waals surface area contributed by atoms with Crippen LogP contribution in [0.15, 0.2) is 30.5 Å². The Labute approximate surface area is 119 Å². The number of nitrogens with one attached hydrogen (secondary N) is 2. The minimum absolute atomic E-state index is 0.271. The summed E-state index contributed by atoms with van der Waals surface area (Å²) in [7, 11) is 0. The van der Waals surface area contributed by atoms with Gasteiger partial charge in [-0.2, -0.15) is 5.10 Å². The molecule has 106 valence electrons. The van der Waals surface area contributed by atoms with E-state index in [-0.39, 0.29) is 12.1 Å². The Hall–Kier alpha value is -2.30. The minimum atomic E-state index is -0.285. The largest absolute Gasteiger partial charge is 0.324 e. The summed E-state index contributed by atoms with van der Waals surface area (Å²) in [5.74, 6) is 0.543. The van der Waals surface area contributed by atoms with Gasteiger partial charge in [0.1, 0.15) is 0 Å². The lowest BCUT2D eigenvalue weighted by atomic mass is 10.1. The lowest BCUT2D eigenvalue weighted by molar-refractivity contribution is 0.262. The van der Waals surface area contributed by atoms with Crippen molar-refractivity contribution in [3.8, 4) is 0 Å². The van der Waals surface area contributed by atoms with Crippen molar-refractivity contribution in [2.24, 2.45) is 0 Å². The highest BCUT2D eigenvalue weighted by Gasteiger charge is 2.08. The Bertz CT molecular complexity index is 616. The molecule has 2 rings (SSSR count). The average Bonchev–Trinajstić information content (AvgIpc) is 2.82. The summed E-state index contributed by atoms with van der Waals surface area (Å²) in [6.45, 7) is 8.02. The summed E-state index contributed by atoms with van der Waals surface area (Å²) in [6.07, 6.45) is 1.85. The fourth-order valence-electron chi connectivity index (χ4n) is 1.83. The molecule has 2 amide bonds. The molecule has 0 fully saturated rings. The van der Waals surface area contributed by atoms with Crippen molar-refractivity contribution >= 4 is 17.5 Å². The van der Waals surface area contributed by atoms with Crippen LogP contribution < -0.4 is 10.6 Å². The number of hydrogen-bond donors (Lipinski definition) is 2. The smallest absolute Gasteiger partial charge is 0.307 e. The van der Waals surface area contributed by atoms with Gasteiger partial charge >= 0.3 is 6.03 Å². The first-order valence-electron chi connectivity index (χ1n) is 6.66. The molecule has 0 radical (unpaired) electrons. The standard InChI is InChI=1S/C15H20N4O/c1-10(2)19-8-7-14(18-19)17-15(20)16-13-9-11(3)5-6-12(13)4/h5-10H,1-4H3,(H2,16,17,18,20). The summed E-state index contributed by atoms with van der Waals surface area (Å²) < 4.78 is 1.80. The zero-order valence-electron chi connectivity index (χ0n) is 12.3. The number of anilines is 2. The molecule has 20 heavy (non-hydrogen) atoms. The molecule has 0 atom stereocenters. The number of nitrogens with zero attached hydrogens (tertiary/aromatic N) is 2. The van der Waals surface area contributed by atoms with Gasteiger partial charge in [-0.05, 0) is 44.9 Å². The van der Waals surface area contributed by atoms with Gasteiger partial charge in [0.25, 0.3) is 0 Å². The number of rotatable bonds is 3. The molecule has 0 saturated carbocycles. The van der Waals surface area contributed by atoms with Gasteiger partial charge in [0.05, 0.1) is 0 Å². The van der Waals surface area contributed by atoms with E-state index in [9.17, 15) is 4.79 Å². The number of benzene rings is 1. The summed E-state index contributed by atoms with van der Waals surface area (Å²) in [4.78, 5) is 12.0. The Kier molecular flexibility index (Phi) is 4.08. The van der Waals surface area contributed by atoms with Crippen molar-refractivity contribution < 1.29 is 4.79 Å². The van der Waals surface area contributed by atoms with Crippen molar-refractivity contribution in [3.63, 3.8) is 0 Å². The summed E-state index contributed by atoms with van der Waals surface area (Å²) in [5.41, 5.74) is 2.94. The van der Waals surface area contributed by atoms with Crippen molar-refractivity contribution in [2.75, 3.05) is 10.6 Å². The Morgan fingerprint density at radius 3 is 2.60 bits per heavy atom. The Balaban J connectivity index is 2.03. The highest BCUT2D eigenvalue weighted by atomic mass is 16.2. The second-order valence-electron chi connectivity index (χ2n) is 5.17. The van der Waals surface area contributed by atoms with Gasteiger partial charge in [-0.1, -0.05) is 12.1 Å². The zero-order valence-corrected chi connectivity index (χ0v) is 12.3. The molecule has 0 bridgehead atoms. The molecule has 0 aliphatic carbocycles. The quantitative estimate of drug-likeness (QED) is 0.894. The first kappa shape index (κ1) is 14.1. The monoisotopic (exact) mass is 272 g/mol. The van der Waals surface area contributed by atoms with Crippen LogP contribution in [0.5, 0.6) is 0 Å². The molecule has 0 saturated heterocycles. The Morgan fingerprint density at radius 2 is 1.95 bits per heavy atom. The second kappa shape index (κ2) is 5.77. The first-order chi connectivity index (χ1) is 9.45. The maximum Gasteiger partial charge on any atom is 0.324 e. The van der Waals surface area contributed by atoms with E-state index in [2.05, 4.69) is 15.7 Å². The van der Waals surface area contributed by atoms with E-state index in [0.29, 0.717) is 5.82 Å². The number of carbonyl (C=O) groups excluding carboxylic acids is 1. The third-order valence-corrected chi connectivity index (χ3v) is 3.02. The SMILES string of the molecule is Cc1ccc(C)c(NC(=O)Nc2ccn(C(C)C)n2)c1. The molecule has 5 nitrogen and oxygen atoms in total. The lowest BCUT2D eigenvalue weighted by Gasteiger charge is -2.09. The third kappa shape index (κ3) is 3.38. The van der Waals surface area contributed by atoms with Crippen molar-refractivity contribution in [1.29, 1.82) is 0 Å². The summed E-state index contributed by atoms with van der Waals surface area (Å²) in [5, 5.41) is 9.85. The van der Waals surface area contributed by atoms with E-state index in [4.69, 9.17) is 0 Å². The normalized spacial score (nSPS) is 10.7. The van der Waals surface area contributed by atoms with Crippen molar-refractivity contribution in [3.05, 3.63) is 41.6 Å². The van der Waals surface area contributed by atoms with E-state index in [0.717, 1.165) is 16.8 Å². The van der Waals surface area contributed by atoms with Crippen LogP contribution >= 0.6 is 0 Å². The van der Waals surface area contributed by atoms with E-state index < -0.39 is 0 Å². The number of urea groups is 1. The van der Waals surface area contributed by atoms with Crippen LogP contribution in [0.25, 0.3) is 0 Å². The summed E-state index contributed by atoms with van der Waals surface area (Å²) >= 11 is 0. The van der Waals surface area contributed by atoms with E-state index >= 15 is 0 Å². The third-order valence-electron chi connectivity index (χ3n) is 3.02. The van der Waals surface area contributed by atoms with Crippen LogP contribution in [0.1, 0.15) is 31.0 Å². The number of carbonyl (C=O) groups is 1. The molecule has 5 heteroatoms. The van der Waals surface area contributed by atoms with Gasteiger partial charge in [-0.3, -0.25) is 10.00 Å². The fraction of sp³-hybridized carbons (Fsp3) is 0.333. The number of aryl methyl sites for hydroxylation is 2. The molecule has 2 N–H and O–H groups in total. The minimum Gasteiger partial charge on any atom is -0.307 e. The first-order valence-corrected chi connectivity index (χ1v) is 6.66. The molecular weight excluding hydrogens is 252 g/mol. The maximum absolute atomic E-state index is 12.0. The molecule has 0 aliphatic rings. The predicted molar refractivity (Wildman–Crippen MR) is 81.2 cm³/mol. The number of aromatic nitrogens is 2.